The first kappa shape index (κ1) is 47.1. The van der Waals surface area contributed by atoms with Crippen LogP contribution in [0.25, 0.3) is 90.9 Å². The summed E-state index contributed by atoms with van der Waals surface area (Å²) in [7, 11) is -1.01. The van der Waals surface area contributed by atoms with E-state index in [1.54, 1.807) is 0 Å². The summed E-state index contributed by atoms with van der Waals surface area (Å²) in [5, 5.41) is 15.2. The number of H-pyrrole nitrogens is 2. The summed E-state index contributed by atoms with van der Waals surface area (Å²) >= 11 is 0. The van der Waals surface area contributed by atoms with Gasteiger partial charge in [-0.15, -0.1) is 0 Å². The van der Waals surface area contributed by atoms with Crippen molar-refractivity contribution in [1.29, 1.82) is 0 Å². The van der Waals surface area contributed by atoms with Crippen molar-refractivity contribution in [3.05, 3.63) is 191 Å². The third-order valence-corrected chi connectivity index (χ3v) is 15.4. The Kier molecular flexibility index (Phi) is 12.4. The molecular weight excluding hydrogens is 898 g/mol. The van der Waals surface area contributed by atoms with Gasteiger partial charge in [-0.25, -0.2) is 9.97 Å². The number of phenols is 1. The number of nitrogens with zero attached hydrogens (tertiary/aromatic N) is 2. The Balaban J connectivity index is 1.21. The molecule has 0 aliphatic carbocycles. The molecule has 0 spiro atoms. The van der Waals surface area contributed by atoms with E-state index in [-0.39, 0.29) is 5.75 Å². The summed E-state index contributed by atoms with van der Waals surface area (Å²) in [6.45, 7) is 12.3. The molecule has 10 heteroatoms. The summed E-state index contributed by atoms with van der Waals surface area (Å²) in [5.74, 6) is -0.679. The normalized spacial score (nSPS) is 13.1. The van der Waals surface area contributed by atoms with Gasteiger partial charge in [0.15, 0.2) is 5.78 Å². The van der Waals surface area contributed by atoms with Crippen LogP contribution in [0.3, 0.4) is 0 Å². The van der Waals surface area contributed by atoms with E-state index >= 15 is 0 Å². The zero-order valence-electron chi connectivity index (χ0n) is 41.3. The molecule has 5 aromatic carbocycles. The standard InChI is InChI=1S/C61H58N5O4P/c1-60(2,3)44-36-42(37-45(58(44)67)61(4,5)6)59(71(68,69-7)70-8)62-43-26-24-41(25-27-43)57-52-34-32-50(65-52)55(39-20-14-10-15-21-39)48-30-28-46(63-48)54(38-18-12-9-13-19-38)47-29-31-49(64-47)56(40-22-16-11-17-23-40)51-33-35-53(57)66-51/h9-37,59,62-63,66-67H,1-8H3. The molecule has 3 aromatic heterocycles. The summed E-state index contributed by atoms with van der Waals surface area (Å²) in [4.78, 5) is 18.5. The second-order valence-electron chi connectivity index (χ2n) is 20.1. The summed E-state index contributed by atoms with van der Waals surface area (Å²) in [5.41, 5.74) is 16.8. The minimum absolute atomic E-state index is 0.232. The van der Waals surface area contributed by atoms with Gasteiger partial charge in [-0.2, -0.15) is 0 Å². The molecule has 0 amide bonds. The summed E-state index contributed by atoms with van der Waals surface area (Å²) in [6.07, 6.45) is 8.40. The van der Waals surface area contributed by atoms with Gasteiger partial charge in [0.1, 0.15) is 5.75 Å². The van der Waals surface area contributed by atoms with E-state index in [9.17, 15) is 9.67 Å². The third kappa shape index (κ3) is 9.09. The van der Waals surface area contributed by atoms with Crippen molar-refractivity contribution in [3.8, 4) is 50.3 Å². The van der Waals surface area contributed by atoms with Crippen molar-refractivity contribution in [3.63, 3.8) is 0 Å². The highest BCUT2D eigenvalue weighted by molar-refractivity contribution is 7.54. The Hall–Kier alpha value is -7.55. The van der Waals surface area contributed by atoms with Crippen LogP contribution in [-0.4, -0.2) is 39.3 Å². The molecule has 5 heterocycles. The maximum Gasteiger partial charge on any atom is 0.356 e. The van der Waals surface area contributed by atoms with Gasteiger partial charge in [-0.3, -0.25) is 4.57 Å². The van der Waals surface area contributed by atoms with Crippen molar-refractivity contribution in [2.45, 2.75) is 58.2 Å². The molecule has 8 aromatic rings. The first-order valence-corrected chi connectivity index (χ1v) is 25.5. The van der Waals surface area contributed by atoms with E-state index in [1.807, 2.05) is 42.5 Å². The quantitative estimate of drug-likeness (QED) is 0.101. The first-order chi connectivity index (χ1) is 34.1. The predicted molar refractivity (Wildman–Crippen MR) is 294 cm³/mol. The molecule has 0 radical (unpaired) electrons. The number of phenolic OH excluding ortho intramolecular Hbond substituents is 1. The number of nitrogens with one attached hydrogen (secondary N) is 3. The van der Waals surface area contributed by atoms with Crippen LogP contribution in [0.2, 0.25) is 0 Å². The lowest BCUT2D eigenvalue weighted by Gasteiger charge is -2.32. The predicted octanol–water partition coefficient (Wildman–Crippen LogP) is 16.2. The number of hydrogen-bond acceptors (Lipinski definition) is 7. The lowest BCUT2D eigenvalue weighted by molar-refractivity contribution is 0.268. The first-order valence-electron chi connectivity index (χ1n) is 23.9. The van der Waals surface area contributed by atoms with Gasteiger partial charge >= 0.3 is 7.60 Å². The average Bonchev–Trinajstić information content (AvgIpc) is 4.23. The monoisotopic (exact) mass is 955 g/mol. The Morgan fingerprint density at radius 2 is 0.817 bits per heavy atom. The van der Waals surface area contributed by atoms with E-state index in [1.165, 1.54) is 14.2 Å². The molecule has 10 rings (SSSR count). The summed E-state index contributed by atoms with van der Waals surface area (Å²) < 4.78 is 26.0. The van der Waals surface area contributed by atoms with Gasteiger partial charge in [0, 0.05) is 64.2 Å². The van der Waals surface area contributed by atoms with Crippen LogP contribution in [0.5, 0.6) is 5.75 Å². The molecule has 1 atom stereocenters. The fourth-order valence-corrected chi connectivity index (χ4v) is 11.1. The molecule has 2 aliphatic heterocycles. The van der Waals surface area contributed by atoms with Gasteiger partial charge in [0.2, 0.25) is 0 Å². The number of hydrogen-bond donors (Lipinski definition) is 4. The van der Waals surface area contributed by atoms with Crippen molar-refractivity contribution in [2.24, 2.45) is 0 Å². The van der Waals surface area contributed by atoms with Crippen molar-refractivity contribution < 1.29 is 18.7 Å². The van der Waals surface area contributed by atoms with Gasteiger partial charge in [0.05, 0.1) is 22.8 Å². The Labute approximate surface area is 415 Å². The smallest absolute Gasteiger partial charge is 0.356 e. The molecule has 71 heavy (non-hydrogen) atoms. The second kappa shape index (κ2) is 18.6. The number of aromatic amines is 2. The maximum absolute atomic E-state index is 14.6. The van der Waals surface area contributed by atoms with Crippen LogP contribution in [0.4, 0.5) is 5.69 Å². The summed E-state index contributed by atoms with van der Waals surface area (Å²) in [6, 6.07) is 51.6. The van der Waals surface area contributed by atoms with Gasteiger partial charge in [-0.1, -0.05) is 145 Å². The Morgan fingerprint density at radius 1 is 0.493 bits per heavy atom. The largest absolute Gasteiger partial charge is 0.507 e. The molecule has 8 bridgehead atoms. The number of aromatic nitrogens is 4. The van der Waals surface area contributed by atoms with Gasteiger partial charge < -0.3 is 29.4 Å². The van der Waals surface area contributed by atoms with Crippen molar-refractivity contribution >= 4 is 59.7 Å². The van der Waals surface area contributed by atoms with Gasteiger partial charge in [-0.05, 0) is 123 Å². The second-order valence-corrected chi connectivity index (χ2v) is 22.4. The topological polar surface area (TPSA) is 125 Å². The highest BCUT2D eigenvalue weighted by atomic mass is 31.2. The van der Waals surface area contributed by atoms with E-state index in [2.05, 4.69) is 190 Å². The molecule has 1 unspecified atom stereocenters. The molecule has 2 aliphatic rings. The molecule has 356 valence electrons. The van der Waals surface area contributed by atoms with E-state index < -0.39 is 24.2 Å². The lowest BCUT2D eigenvalue weighted by atomic mass is 9.78. The number of aromatic hydroxyl groups is 1. The number of fused-ring (bicyclic) bond motifs is 8. The maximum atomic E-state index is 14.6. The SMILES string of the molecule is COP(=O)(OC)C(Nc1ccc(-c2c3nc(c(-c4ccccc4)c4ccc([nH]4)c(-c4ccccc4)c4nc(c(-c5ccccc5)c5ccc2[nH]5)C=C4)C=C3)cc1)c1cc(C(C)(C)C)c(O)c(C(C)(C)C)c1. The fourth-order valence-electron chi connectivity index (χ4n) is 9.71. The van der Waals surface area contributed by atoms with Crippen molar-refractivity contribution in [1.82, 2.24) is 19.9 Å². The minimum atomic E-state index is -3.82. The van der Waals surface area contributed by atoms with Crippen LogP contribution >= 0.6 is 7.60 Å². The van der Waals surface area contributed by atoms with Crippen molar-refractivity contribution in [2.75, 3.05) is 19.5 Å². The Morgan fingerprint density at radius 3 is 1.13 bits per heavy atom. The number of anilines is 1. The molecule has 9 nitrogen and oxygen atoms in total. The zero-order valence-corrected chi connectivity index (χ0v) is 42.2. The van der Waals surface area contributed by atoms with Crippen LogP contribution in [0, 0.1) is 0 Å². The number of benzene rings is 5. The highest BCUT2D eigenvalue weighted by Gasteiger charge is 2.38. The van der Waals surface area contributed by atoms with Gasteiger partial charge in [0.25, 0.3) is 0 Å². The molecule has 0 saturated heterocycles. The van der Waals surface area contributed by atoms with E-state index in [0.717, 1.165) is 100 Å². The highest BCUT2D eigenvalue weighted by Crippen LogP contribution is 2.61. The molecule has 0 fully saturated rings. The van der Waals surface area contributed by atoms with Crippen LogP contribution in [-0.2, 0) is 24.4 Å². The zero-order chi connectivity index (χ0) is 49.7. The molecule has 0 saturated carbocycles. The average molecular weight is 956 g/mol. The van der Waals surface area contributed by atoms with E-state index in [4.69, 9.17) is 19.0 Å². The molecule has 4 N–H and O–H groups in total. The Bertz CT molecular complexity index is 3500. The number of rotatable bonds is 10. The molecular formula is C61H58N5O4P. The third-order valence-electron chi connectivity index (χ3n) is 13.3. The van der Waals surface area contributed by atoms with Crippen LogP contribution < -0.4 is 5.32 Å². The van der Waals surface area contributed by atoms with E-state index in [0.29, 0.717) is 11.3 Å². The lowest BCUT2D eigenvalue weighted by Crippen LogP contribution is -2.20. The fraction of sp³-hybridized carbons (Fsp3) is 0.180. The minimum Gasteiger partial charge on any atom is -0.507 e. The van der Waals surface area contributed by atoms with Crippen LogP contribution in [0.1, 0.15) is 86.8 Å². The van der Waals surface area contributed by atoms with Crippen LogP contribution in [0.15, 0.2) is 152 Å².